The number of rotatable bonds is 3. The molecule has 0 aliphatic heterocycles. The Hall–Kier alpha value is -0.290. The summed E-state index contributed by atoms with van der Waals surface area (Å²) in [5.41, 5.74) is 0.478. The minimum Gasteiger partial charge on any atom is -0.262 e. The van der Waals surface area contributed by atoms with Crippen molar-refractivity contribution in [3.8, 4) is 0 Å². The molecule has 1 rings (SSSR count). The van der Waals surface area contributed by atoms with Crippen molar-refractivity contribution in [2.45, 2.75) is 13.0 Å². The van der Waals surface area contributed by atoms with E-state index in [1.54, 1.807) is 25.1 Å². The standard InChI is InChI=1S/C9H10Cl2O3S/c1-6(14-15(2,12)13)9-7(10)4-3-5-8(9)11/h3-6H,1-2H3/t6-/m0/s1. The maximum atomic E-state index is 10.9. The van der Waals surface area contributed by atoms with Crippen LogP contribution in [0.25, 0.3) is 0 Å². The molecule has 0 aliphatic rings. The van der Waals surface area contributed by atoms with Crippen molar-refractivity contribution in [1.82, 2.24) is 0 Å². The van der Waals surface area contributed by atoms with E-state index in [0.717, 1.165) is 6.26 Å². The van der Waals surface area contributed by atoms with E-state index in [1.165, 1.54) is 0 Å². The van der Waals surface area contributed by atoms with Gasteiger partial charge in [0.2, 0.25) is 0 Å². The van der Waals surface area contributed by atoms with Crippen LogP contribution in [-0.2, 0) is 14.3 Å². The molecule has 6 heteroatoms. The highest BCUT2D eigenvalue weighted by atomic mass is 35.5. The van der Waals surface area contributed by atoms with Gasteiger partial charge in [-0.3, -0.25) is 4.18 Å². The van der Waals surface area contributed by atoms with Crippen LogP contribution < -0.4 is 0 Å². The normalized spacial score (nSPS) is 13.9. The Morgan fingerprint density at radius 1 is 1.27 bits per heavy atom. The van der Waals surface area contributed by atoms with Crippen LogP contribution in [0.2, 0.25) is 10.0 Å². The molecule has 0 heterocycles. The summed E-state index contributed by atoms with van der Waals surface area (Å²) in [6.45, 7) is 1.58. The fourth-order valence-electron chi connectivity index (χ4n) is 1.21. The van der Waals surface area contributed by atoms with Crippen molar-refractivity contribution in [1.29, 1.82) is 0 Å². The van der Waals surface area contributed by atoms with Gasteiger partial charge in [0.15, 0.2) is 0 Å². The molecule has 1 atom stereocenters. The quantitative estimate of drug-likeness (QED) is 0.792. The van der Waals surface area contributed by atoms with Crippen LogP contribution in [0.4, 0.5) is 0 Å². The number of halogens is 2. The molecule has 1 aromatic rings. The van der Waals surface area contributed by atoms with Gasteiger partial charge in [0.1, 0.15) is 6.10 Å². The molecule has 15 heavy (non-hydrogen) atoms. The Morgan fingerprint density at radius 2 is 1.73 bits per heavy atom. The fraction of sp³-hybridized carbons (Fsp3) is 0.333. The smallest absolute Gasteiger partial charge is 0.262 e. The zero-order valence-electron chi connectivity index (χ0n) is 8.20. The first-order valence-corrected chi connectivity index (χ1v) is 6.70. The van der Waals surface area contributed by atoms with Gasteiger partial charge in [-0.2, -0.15) is 8.42 Å². The molecule has 0 aliphatic carbocycles. The lowest BCUT2D eigenvalue weighted by Crippen LogP contribution is -2.08. The van der Waals surface area contributed by atoms with E-state index in [1.807, 2.05) is 0 Å². The van der Waals surface area contributed by atoms with Crippen molar-refractivity contribution >= 4 is 33.3 Å². The summed E-state index contributed by atoms with van der Waals surface area (Å²) < 4.78 is 26.6. The van der Waals surface area contributed by atoms with E-state index >= 15 is 0 Å². The van der Waals surface area contributed by atoms with Crippen molar-refractivity contribution in [2.75, 3.05) is 6.26 Å². The third-order valence-corrected chi connectivity index (χ3v) is 3.02. The van der Waals surface area contributed by atoms with Gasteiger partial charge >= 0.3 is 0 Å². The molecule has 0 aromatic heterocycles. The highest BCUT2D eigenvalue weighted by molar-refractivity contribution is 7.86. The third-order valence-electron chi connectivity index (χ3n) is 1.73. The summed E-state index contributed by atoms with van der Waals surface area (Å²) in [5, 5.41) is 0.775. The average Bonchev–Trinajstić information content (AvgIpc) is 1.99. The number of hydrogen-bond donors (Lipinski definition) is 0. The van der Waals surface area contributed by atoms with Gasteiger partial charge in [0.05, 0.1) is 6.26 Å². The van der Waals surface area contributed by atoms with Crippen molar-refractivity contribution in [3.05, 3.63) is 33.8 Å². The van der Waals surface area contributed by atoms with Crippen LogP contribution in [0.5, 0.6) is 0 Å². The maximum absolute atomic E-state index is 10.9. The summed E-state index contributed by atoms with van der Waals surface area (Å²) in [7, 11) is -3.52. The van der Waals surface area contributed by atoms with Gasteiger partial charge in [0, 0.05) is 15.6 Å². The van der Waals surface area contributed by atoms with E-state index in [2.05, 4.69) is 0 Å². The zero-order valence-corrected chi connectivity index (χ0v) is 10.5. The molecule has 0 saturated heterocycles. The fourth-order valence-corrected chi connectivity index (χ4v) is 2.53. The molecular formula is C9H10Cl2O3S. The molecule has 84 valence electrons. The predicted octanol–water partition coefficient (Wildman–Crippen LogP) is 3.03. The second-order valence-corrected chi connectivity index (χ2v) is 5.49. The van der Waals surface area contributed by atoms with Gasteiger partial charge in [-0.1, -0.05) is 29.3 Å². The molecule has 0 amide bonds. The lowest BCUT2D eigenvalue weighted by molar-refractivity contribution is 0.237. The number of hydrogen-bond acceptors (Lipinski definition) is 3. The van der Waals surface area contributed by atoms with Gasteiger partial charge < -0.3 is 0 Å². The molecule has 0 N–H and O–H groups in total. The van der Waals surface area contributed by atoms with Gasteiger partial charge in [-0.25, -0.2) is 0 Å². The molecule has 0 bridgehead atoms. The summed E-state index contributed by atoms with van der Waals surface area (Å²) in [6.07, 6.45) is 0.287. The Balaban J connectivity index is 3.06. The van der Waals surface area contributed by atoms with Crippen LogP contribution in [0.3, 0.4) is 0 Å². The molecule has 1 aromatic carbocycles. The highest BCUT2D eigenvalue weighted by Gasteiger charge is 2.18. The Morgan fingerprint density at radius 3 is 2.13 bits per heavy atom. The number of benzene rings is 1. The molecule has 0 fully saturated rings. The van der Waals surface area contributed by atoms with Crippen molar-refractivity contribution < 1.29 is 12.6 Å². The van der Waals surface area contributed by atoms with Gasteiger partial charge in [-0.15, -0.1) is 0 Å². The van der Waals surface area contributed by atoms with Crippen LogP contribution in [-0.4, -0.2) is 14.7 Å². The SMILES string of the molecule is C[C@H](OS(C)(=O)=O)c1c(Cl)cccc1Cl. The second kappa shape index (κ2) is 4.70. The largest absolute Gasteiger partial charge is 0.264 e. The maximum Gasteiger partial charge on any atom is 0.264 e. The first kappa shape index (κ1) is 12.8. The van der Waals surface area contributed by atoms with Crippen molar-refractivity contribution in [3.63, 3.8) is 0 Å². The van der Waals surface area contributed by atoms with E-state index in [-0.39, 0.29) is 0 Å². The minimum absolute atomic E-state index is 0.388. The minimum atomic E-state index is -3.52. The van der Waals surface area contributed by atoms with E-state index in [4.69, 9.17) is 27.4 Å². The summed E-state index contributed by atoms with van der Waals surface area (Å²) in [5.74, 6) is 0. The molecule has 0 unspecified atom stereocenters. The summed E-state index contributed by atoms with van der Waals surface area (Å²) in [6, 6.07) is 4.94. The van der Waals surface area contributed by atoms with E-state index in [9.17, 15) is 8.42 Å². The molecule has 3 nitrogen and oxygen atoms in total. The average molecular weight is 269 g/mol. The Kier molecular flexibility index (Phi) is 4.00. The Bertz CT molecular complexity index is 436. The molecular weight excluding hydrogens is 259 g/mol. The lowest BCUT2D eigenvalue weighted by Gasteiger charge is -2.14. The summed E-state index contributed by atoms with van der Waals surface area (Å²) >= 11 is 11.8. The molecule has 0 radical (unpaired) electrons. The molecule has 0 saturated carbocycles. The predicted molar refractivity (Wildman–Crippen MR) is 60.8 cm³/mol. The first-order chi connectivity index (χ1) is 6.81. The van der Waals surface area contributed by atoms with Crippen LogP contribution >= 0.6 is 23.2 Å². The van der Waals surface area contributed by atoms with Crippen LogP contribution in [0.15, 0.2) is 18.2 Å². The third kappa shape index (κ3) is 3.65. The van der Waals surface area contributed by atoms with E-state index < -0.39 is 16.2 Å². The monoisotopic (exact) mass is 268 g/mol. The zero-order chi connectivity index (χ0) is 11.6. The topological polar surface area (TPSA) is 43.4 Å². The van der Waals surface area contributed by atoms with Crippen LogP contribution in [0.1, 0.15) is 18.6 Å². The second-order valence-electron chi connectivity index (χ2n) is 3.08. The van der Waals surface area contributed by atoms with Gasteiger partial charge in [0.25, 0.3) is 10.1 Å². The van der Waals surface area contributed by atoms with Gasteiger partial charge in [-0.05, 0) is 19.1 Å². The highest BCUT2D eigenvalue weighted by Crippen LogP contribution is 2.32. The van der Waals surface area contributed by atoms with E-state index in [0.29, 0.717) is 15.6 Å². The first-order valence-electron chi connectivity index (χ1n) is 4.13. The summed E-state index contributed by atoms with van der Waals surface area (Å²) in [4.78, 5) is 0. The molecule has 0 spiro atoms. The van der Waals surface area contributed by atoms with Crippen LogP contribution in [0, 0.1) is 0 Å². The van der Waals surface area contributed by atoms with Crippen molar-refractivity contribution in [2.24, 2.45) is 0 Å². The Labute approximate surface area is 99.1 Å². The lowest BCUT2D eigenvalue weighted by atomic mass is 10.1.